The third-order valence-electron chi connectivity index (χ3n) is 3.37. The number of aryl methyl sites for hydroxylation is 1. The highest BCUT2D eigenvalue weighted by atomic mass is 79.9. The van der Waals surface area contributed by atoms with Crippen LogP contribution in [0, 0.1) is 6.92 Å². The Balaban J connectivity index is 2.32. The molecule has 5 heteroatoms. The summed E-state index contributed by atoms with van der Waals surface area (Å²) < 4.78 is 7.82. The summed E-state index contributed by atoms with van der Waals surface area (Å²) in [7, 11) is 1.73. The Morgan fingerprint density at radius 3 is 2.62 bits per heavy atom. The first-order valence-electron chi connectivity index (χ1n) is 6.86. The molecule has 0 saturated carbocycles. The molecule has 1 unspecified atom stereocenters. The molecule has 0 aliphatic heterocycles. The van der Waals surface area contributed by atoms with Crippen molar-refractivity contribution in [2.45, 2.75) is 26.3 Å². The number of benzene rings is 1. The van der Waals surface area contributed by atoms with Gasteiger partial charge in [0.1, 0.15) is 5.75 Å². The van der Waals surface area contributed by atoms with Crippen LogP contribution in [0.25, 0.3) is 0 Å². The van der Waals surface area contributed by atoms with Crippen LogP contribution in [0.4, 0.5) is 0 Å². The molecule has 21 heavy (non-hydrogen) atoms. The van der Waals surface area contributed by atoms with Crippen LogP contribution in [0.3, 0.4) is 0 Å². The van der Waals surface area contributed by atoms with Crippen LogP contribution in [0.1, 0.15) is 29.7 Å². The first kappa shape index (κ1) is 17.0. The lowest BCUT2D eigenvalue weighted by Crippen LogP contribution is -2.23. The molecular weight excluding hydrogens is 414 g/mol. The van der Waals surface area contributed by atoms with E-state index in [0.717, 1.165) is 22.5 Å². The molecule has 0 spiro atoms. The van der Waals surface area contributed by atoms with Crippen molar-refractivity contribution in [2.24, 2.45) is 0 Å². The minimum atomic E-state index is 0.266. The lowest BCUT2D eigenvalue weighted by Gasteiger charge is -2.19. The van der Waals surface area contributed by atoms with Crippen LogP contribution in [-0.2, 0) is 6.42 Å². The zero-order valence-corrected chi connectivity index (χ0v) is 16.4. The van der Waals surface area contributed by atoms with Gasteiger partial charge in [0, 0.05) is 6.04 Å². The average molecular weight is 433 g/mol. The topological polar surface area (TPSA) is 21.3 Å². The predicted molar refractivity (Wildman–Crippen MR) is 97.6 cm³/mol. The van der Waals surface area contributed by atoms with E-state index in [1.165, 1.54) is 20.5 Å². The third-order valence-corrected chi connectivity index (χ3v) is 5.75. The van der Waals surface area contributed by atoms with Gasteiger partial charge in [0.05, 0.1) is 14.7 Å². The maximum Gasteiger partial charge on any atom is 0.122 e. The van der Waals surface area contributed by atoms with Gasteiger partial charge in [0.15, 0.2) is 0 Å². The number of ether oxygens (including phenoxy) is 1. The van der Waals surface area contributed by atoms with Crippen molar-refractivity contribution in [2.75, 3.05) is 13.7 Å². The number of likely N-dealkylation sites (N-methyl/N-ethyl adjacent to an activating group) is 1. The maximum atomic E-state index is 5.50. The molecule has 2 nitrogen and oxygen atoms in total. The van der Waals surface area contributed by atoms with E-state index in [4.69, 9.17) is 4.74 Å². The SMILES string of the molecule is CCNC(Cc1cc(C)ccc1OC)c1cc(Br)sc1Br. The van der Waals surface area contributed by atoms with Gasteiger partial charge in [0.25, 0.3) is 0 Å². The van der Waals surface area contributed by atoms with Gasteiger partial charge >= 0.3 is 0 Å². The zero-order valence-electron chi connectivity index (χ0n) is 12.4. The highest BCUT2D eigenvalue weighted by molar-refractivity contribution is 9.12. The molecule has 1 atom stereocenters. The number of hydrogen-bond acceptors (Lipinski definition) is 3. The molecule has 0 radical (unpaired) electrons. The van der Waals surface area contributed by atoms with Gasteiger partial charge < -0.3 is 10.1 Å². The zero-order chi connectivity index (χ0) is 15.4. The molecule has 2 aromatic rings. The number of hydrogen-bond donors (Lipinski definition) is 1. The molecule has 1 aromatic carbocycles. The van der Waals surface area contributed by atoms with E-state index < -0.39 is 0 Å². The van der Waals surface area contributed by atoms with E-state index in [-0.39, 0.29) is 6.04 Å². The van der Waals surface area contributed by atoms with Crippen molar-refractivity contribution < 1.29 is 4.74 Å². The smallest absolute Gasteiger partial charge is 0.122 e. The Morgan fingerprint density at radius 1 is 1.29 bits per heavy atom. The fraction of sp³-hybridized carbons (Fsp3) is 0.375. The van der Waals surface area contributed by atoms with E-state index in [9.17, 15) is 0 Å². The second-order valence-electron chi connectivity index (χ2n) is 4.91. The number of nitrogens with one attached hydrogen (secondary N) is 1. The summed E-state index contributed by atoms with van der Waals surface area (Å²) in [6.07, 6.45) is 0.903. The molecule has 1 N–H and O–H groups in total. The van der Waals surface area contributed by atoms with Crippen LogP contribution in [-0.4, -0.2) is 13.7 Å². The van der Waals surface area contributed by atoms with Gasteiger partial charge in [-0.15, -0.1) is 11.3 Å². The lowest BCUT2D eigenvalue weighted by molar-refractivity contribution is 0.405. The number of halogens is 2. The van der Waals surface area contributed by atoms with Gasteiger partial charge in [0.2, 0.25) is 0 Å². The van der Waals surface area contributed by atoms with Gasteiger partial charge in [-0.1, -0.05) is 24.6 Å². The normalized spacial score (nSPS) is 12.4. The first-order chi connectivity index (χ1) is 10.0. The van der Waals surface area contributed by atoms with E-state index >= 15 is 0 Å². The highest BCUT2D eigenvalue weighted by Crippen LogP contribution is 2.37. The van der Waals surface area contributed by atoms with E-state index in [2.05, 4.69) is 69.2 Å². The summed E-state index contributed by atoms with van der Waals surface area (Å²) in [6, 6.07) is 8.79. The molecule has 0 amide bonds. The van der Waals surface area contributed by atoms with Gasteiger partial charge in [-0.2, -0.15) is 0 Å². The molecule has 1 heterocycles. The Kier molecular flexibility index (Phi) is 6.29. The Morgan fingerprint density at radius 2 is 2.05 bits per heavy atom. The molecule has 0 saturated heterocycles. The van der Waals surface area contributed by atoms with E-state index in [1.54, 1.807) is 18.4 Å². The summed E-state index contributed by atoms with van der Waals surface area (Å²) in [5, 5.41) is 3.57. The van der Waals surface area contributed by atoms with Crippen LogP contribution in [0.2, 0.25) is 0 Å². The van der Waals surface area contributed by atoms with Crippen molar-refractivity contribution in [3.05, 3.63) is 48.5 Å². The summed E-state index contributed by atoms with van der Waals surface area (Å²) in [4.78, 5) is 0. The van der Waals surface area contributed by atoms with Crippen molar-refractivity contribution in [1.29, 1.82) is 0 Å². The minimum absolute atomic E-state index is 0.266. The highest BCUT2D eigenvalue weighted by Gasteiger charge is 2.18. The summed E-state index contributed by atoms with van der Waals surface area (Å²) in [5.41, 5.74) is 3.78. The number of methoxy groups -OCH3 is 1. The van der Waals surface area contributed by atoms with Crippen molar-refractivity contribution in [3.8, 4) is 5.75 Å². The van der Waals surface area contributed by atoms with Crippen molar-refractivity contribution in [1.82, 2.24) is 5.32 Å². The lowest BCUT2D eigenvalue weighted by atomic mass is 9.99. The van der Waals surface area contributed by atoms with E-state index in [1.807, 2.05) is 6.07 Å². The largest absolute Gasteiger partial charge is 0.496 e. The van der Waals surface area contributed by atoms with Crippen molar-refractivity contribution >= 4 is 43.2 Å². The van der Waals surface area contributed by atoms with Crippen LogP contribution in [0.15, 0.2) is 31.8 Å². The molecule has 0 bridgehead atoms. The van der Waals surface area contributed by atoms with Crippen molar-refractivity contribution in [3.63, 3.8) is 0 Å². The fourth-order valence-corrected chi connectivity index (χ4v) is 5.39. The first-order valence-corrected chi connectivity index (χ1v) is 9.27. The average Bonchev–Trinajstić information content (AvgIpc) is 2.77. The monoisotopic (exact) mass is 431 g/mol. The molecule has 2 rings (SSSR count). The quantitative estimate of drug-likeness (QED) is 0.652. The van der Waals surface area contributed by atoms with Crippen LogP contribution in [0.5, 0.6) is 5.75 Å². The summed E-state index contributed by atoms with van der Waals surface area (Å²) >= 11 is 8.94. The molecule has 1 aromatic heterocycles. The molecular formula is C16H19Br2NOS. The Labute approximate surface area is 147 Å². The van der Waals surface area contributed by atoms with Gasteiger partial charge in [-0.05, 0) is 75.0 Å². The summed E-state index contributed by atoms with van der Waals surface area (Å²) in [6.45, 7) is 5.18. The Hall–Kier alpha value is -0.360. The molecule has 0 aliphatic carbocycles. The van der Waals surface area contributed by atoms with Gasteiger partial charge in [-0.3, -0.25) is 0 Å². The number of thiophene rings is 1. The van der Waals surface area contributed by atoms with Gasteiger partial charge in [-0.25, -0.2) is 0 Å². The second kappa shape index (κ2) is 7.77. The number of rotatable bonds is 6. The second-order valence-corrected chi connectivity index (χ2v) is 8.66. The fourth-order valence-electron chi connectivity index (χ4n) is 2.42. The summed E-state index contributed by atoms with van der Waals surface area (Å²) in [5.74, 6) is 0.953. The Bertz CT molecular complexity index is 612. The standard InChI is InChI=1S/C16H19Br2NOS/c1-4-19-13(12-9-15(17)21-16(12)18)8-11-7-10(2)5-6-14(11)20-3/h5-7,9,13,19H,4,8H2,1-3H3. The molecule has 0 aliphatic rings. The van der Waals surface area contributed by atoms with E-state index in [0.29, 0.717) is 0 Å². The van der Waals surface area contributed by atoms with Crippen LogP contribution >= 0.6 is 43.2 Å². The molecule has 114 valence electrons. The predicted octanol–water partition coefficient (Wildman–Crippen LogP) is 5.48. The third kappa shape index (κ3) is 4.31. The molecule has 0 fully saturated rings. The maximum absolute atomic E-state index is 5.50. The van der Waals surface area contributed by atoms with Crippen LogP contribution < -0.4 is 10.1 Å². The minimum Gasteiger partial charge on any atom is -0.496 e.